The van der Waals surface area contributed by atoms with E-state index in [4.69, 9.17) is 16.7 Å². The molecular weight excluding hydrogens is 181 g/mol. The number of aromatic hydroxyl groups is 1. The zero-order chi connectivity index (χ0) is 9.14. The molecule has 0 saturated carbocycles. The van der Waals surface area contributed by atoms with Crippen LogP contribution < -0.4 is 5.32 Å². The Morgan fingerprint density at radius 3 is 2.75 bits per heavy atom. The average molecular weight is 190 g/mol. The van der Waals surface area contributed by atoms with E-state index in [0.29, 0.717) is 12.1 Å². The van der Waals surface area contributed by atoms with Gasteiger partial charge in [-0.15, -0.1) is 0 Å². The molecule has 1 aromatic carbocycles. The molecule has 2 nitrogen and oxygen atoms in total. The van der Waals surface area contributed by atoms with Crippen LogP contribution in [0.2, 0.25) is 5.02 Å². The van der Waals surface area contributed by atoms with E-state index in [9.17, 15) is 4.39 Å². The Labute approximate surface area is 75.0 Å². The summed E-state index contributed by atoms with van der Waals surface area (Å²) in [5.41, 5.74) is 0.372. The molecule has 4 heteroatoms. The van der Waals surface area contributed by atoms with Crippen molar-refractivity contribution in [2.24, 2.45) is 0 Å². The monoisotopic (exact) mass is 189 g/mol. The predicted molar refractivity (Wildman–Crippen MR) is 45.8 cm³/mol. The van der Waals surface area contributed by atoms with E-state index < -0.39 is 5.82 Å². The molecule has 0 aliphatic heterocycles. The quantitative estimate of drug-likeness (QED) is 0.745. The third-order valence-electron chi connectivity index (χ3n) is 1.48. The van der Waals surface area contributed by atoms with Crippen LogP contribution in [0, 0.1) is 5.82 Å². The largest absolute Gasteiger partial charge is 0.508 e. The minimum absolute atomic E-state index is 0.155. The molecule has 0 atom stereocenters. The van der Waals surface area contributed by atoms with Crippen LogP contribution in [0.3, 0.4) is 0 Å². The summed E-state index contributed by atoms with van der Waals surface area (Å²) in [6, 6.07) is 2.36. The lowest BCUT2D eigenvalue weighted by Gasteiger charge is -2.05. The molecule has 0 saturated heterocycles. The molecule has 0 fully saturated rings. The maximum atomic E-state index is 13.0. The van der Waals surface area contributed by atoms with Crippen LogP contribution in [0.4, 0.5) is 4.39 Å². The van der Waals surface area contributed by atoms with Crippen molar-refractivity contribution < 1.29 is 9.50 Å². The molecule has 2 N–H and O–H groups in total. The second kappa shape index (κ2) is 3.74. The molecule has 0 heterocycles. The van der Waals surface area contributed by atoms with Crippen LogP contribution in [-0.2, 0) is 6.54 Å². The number of rotatable bonds is 2. The van der Waals surface area contributed by atoms with Crippen LogP contribution in [0.25, 0.3) is 0 Å². The number of hydrogen-bond donors (Lipinski definition) is 2. The zero-order valence-corrected chi connectivity index (χ0v) is 7.32. The fourth-order valence-electron chi connectivity index (χ4n) is 0.935. The lowest BCUT2D eigenvalue weighted by atomic mass is 10.2. The third-order valence-corrected chi connectivity index (χ3v) is 1.82. The Morgan fingerprint density at radius 2 is 2.25 bits per heavy atom. The van der Waals surface area contributed by atoms with Gasteiger partial charge in [-0.2, -0.15) is 0 Å². The van der Waals surface area contributed by atoms with Gasteiger partial charge in [0.25, 0.3) is 0 Å². The van der Waals surface area contributed by atoms with E-state index in [1.54, 1.807) is 7.05 Å². The molecule has 0 aliphatic rings. The smallest absolute Gasteiger partial charge is 0.132 e. The van der Waals surface area contributed by atoms with Crippen molar-refractivity contribution in [2.45, 2.75) is 6.54 Å². The summed E-state index contributed by atoms with van der Waals surface area (Å²) in [7, 11) is 1.70. The van der Waals surface area contributed by atoms with Crippen molar-refractivity contribution in [2.75, 3.05) is 7.05 Å². The Balaban J connectivity index is 3.10. The van der Waals surface area contributed by atoms with Crippen LogP contribution >= 0.6 is 11.6 Å². The summed E-state index contributed by atoms with van der Waals surface area (Å²) >= 11 is 5.67. The topological polar surface area (TPSA) is 32.3 Å². The lowest BCUT2D eigenvalue weighted by Crippen LogP contribution is -2.07. The highest BCUT2D eigenvalue weighted by Crippen LogP contribution is 2.24. The number of benzene rings is 1. The van der Waals surface area contributed by atoms with Gasteiger partial charge in [0.1, 0.15) is 11.6 Å². The van der Waals surface area contributed by atoms with E-state index in [2.05, 4.69) is 5.32 Å². The van der Waals surface area contributed by atoms with Crippen LogP contribution in [0.15, 0.2) is 12.1 Å². The maximum Gasteiger partial charge on any atom is 0.132 e. The van der Waals surface area contributed by atoms with Gasteiger partial charge >= 0.3 is 0 Å². The standard InChI is InChI=1S/C8H9ClFNO/c1-11-4-6-7(9)2-5(12)3-8(6)10/h2-3,11-12H,4H2,1H3. The van der Waals surface area contributed by atoms with Crippen molar-refractivity contribution in [1.82, 2.24) is 5.32 Å². The van der Waals surface area contributed by atoms with Crippen molar-refractivity contribution in [1.29, 1.82) is 0 Å². The van der Waals surface area contributed by atoms with Gasteiger partial charge in [0, 0.05) is 18.2 Å². The first-order chi connectivity index (χ1) is 5.65. The third kappa shape index (κ3) is 1.87. The summed E-state index contributed by atoms with van der Waals surface area (Å²) in [6.07, 6.45) is 0. The Bertz CT molecular complexity index is 267. The second-order valence-corrected chi connectivity index (χ2v) is 2.83. The van der Waals surface area contributed by atoms with Gasteiger partial charge in [-0.25, -0.2) is 4.39 Å². The average Bonchev–Trinajstić information content (AvgIpc) is 1.96. The Morgan fingerprint density at radius 1 is 1.58 bits per heavy atom. The Kier molecular flexibility index (Phi) is 2.89. The molecule has 0 bridgehead atoms. The van der Waals surface area contributed by atoms with Crippen molar-refractivity contribution >= 4 is 11.6 Å². The zero-order valence-electron chi connectivity index (χ0n) is 6.56. The number of nitrogens with one attached hydrogen (secondary N) is 1. The van der Waals surface area contributed by atoms with Crippen LogP contribution in [-0.4, -0.2) is 12.2 Å². The summed E-state index contributed by atoms with van der Waals surface area (Å²) in [5, 5.41) is 12.0. The van der Waals surface area contributed by atoms with E-state index in [0.717, 1.165) is 6.07 Å². The number of phenolic OH excluding ortho intramolecular Hbond substituents is 1. The molecule has 0 unspecified atom stereocenters. The highest BCUT2D eigenvalue weighted by Gasteiger charge is 2.07. The molecule has 0 aromatic heterocycles. The fourth-order valence-corrected chi connectivity index (χ4v) is 1.20. The van der Waals surface area contributed by atoms with Gasteiger partial charge in [-0.1, -0.05) is 11.6 Å². The second-order valence-electron chi connectivity index (χ2n) is 2.42. The van der Waals surface area contributed by atoms with Crippen LogP contribution in [0.1, 0.15) is 5.56 Å². The van der Waals surface area contributed by atoms with Gasteiger partial charge in [0.05, 0.1) is 5.02 Å². The highest BCUT2D eigenvalue weighted by atomic mass is 35.5. The van der Waals surface area contributed by atoms with Crippen LogP contribution in [0.5, 0.6) is 5.75 Å². The minimum Gasteiger partial charge on any atom is -0.508 e. The molecule has 0 amide bonds. The van der Waals surface area contributed by atoms with Gasteiger partial charge in [-0.3, -0.25) is 0 Å². The van der Waals surface area contributed by atoms with Crippen molar-refractivity contribution in [3.05, 3.63) is 28.5 Å². The first-order valence-electron chi connectivity index (χ1n) is 3.46. The molecule has 0 spiro atoms. The molecule has 0 radical (unpaired) electrons. The van der Waals surface area contributed by atoms with Gasteiger partial charge in [0.2, 0.25) is 0 Å². The SMILES string of the molecule is CNCc1c(F)cc(O)cc1Cl. The molecule has 66 valence electrons. The molecule has 12 heavy (non-hydrogen) atoms. The Hall–Kier alpha value is -0.800. The fraction of sp³-hybridized carbons (Fsp3) is 0.250. The highest BCUT2D eigenvalue weighted by molar-refractivity contribution is 6.31. The number of hydrogen-bond acceptors (Lipinski definition) is 2. The predicted octanol–water partition coefficient (Wildman–Crippen LogP) is 1.90. The first kappa shape index (κ1) is 9.29. The lowest BCUT2D eigenvalue weighted by molar-refractivity contribution is 0.467. The molecule has 1 aromatic rings. The van der Waals surface area contributed by atoms with E-state index >= 15 is 0 Å². The molecule has 0 aliphatic carbocycles. The maximum absolute atomic E-state index is 13.0. The normalized spacial score (nSPS) is 10.2. The summed E-state index contributed by atoms with van der Waals surface area (Å²) in [4.78, 5) is 0. The van der Waals surface area contributed by atoms with Gasteiger partial charge in [-0.05, 0) is 13.1 Å². The number of halogens is 2. The van der Waals surface area contributed by atoms with E-state index in [1.807, 2.05) is 0 Å². The van der Waals surface area contributed by atoms with E-state index in [-0.39, 0.29) is 10.8 Å². The minimum atomic E-state index is -0.491. The summed E-state index contributed by atoms with van der Waals surface area (Å²) < 4.78 is 13.0. The first-order valence-corrected chi connectivity index (χ1v) is 3.84. The van der Waals surface area contributed by atoms with Gasteiger partial charge in [0.15, 0.2) is 0 Å². The summed E-state index contributed by atoms with van der Waals surface area (Å²) in [5.74, 6) is -0.647. The molecule has 1 rings (SSSR count). The van der Waals surface area contributed by atoms with E-state index in [1.165, 1.54) is 6.07 Å². The van der Waals surface area contributed by atoms with Crippen molar-refractivity contribution in [3.63, 3.8) is 0 Å². The summed E-state index contributed by atoms with van der Waals surface area (Å²) in [6.45, 7) is 0.352. The molecular formula is C8H9ClFNO. The van der Waals surface area contributed by atoms with Crippen molar-refractivity contribution in [3.8, 4) is 5.75 Å². The van der Waals surface area contributed by atoms with Gasteiger partial charge < -0.3 is 10.4 Å². The number of phenols is 1.